The molecule has 0 saturated heterocycles. The van der Waals surface area contributed by atoms with E-state index in [0.29, 0.717) is 34.9 Å². The Hall–Kier alpha value is -2.80. The maximum absolute atomic E-state index is 13.0. The fourth-order valence-corrected chi connectivity index (χ4v) is 4.48. The molecule has 3 aromatic rings. The Morgan fingerprint density at radius 2 is 1.97 bits per heavy atom. The highest BCUT2D eigenvalue weighted by Crippen LogP contribution is 2.31. The van der Waals surface area contributed by atoms with Gasteiger partial charge in [0.2, 0.25) is 0 Å². The van der Waals surface area contributed by atoms with Gasteiger partial charge in [0.05, 0.1) is 25.2 Å². The maximum atomic E-state index is 13.0. The number of methoxy groups -OCH3 is 2. The molecule has 2 heterocycles. The van der Waals surface area contributed by atoms with Crippen molar-refractivity contribution in [2.45, 2.75) is 33.9 Å². The molecule has 1 amide bonds. The number of thiophene rings is 1. The van der Waals surface area contributed by atoms with Gasteiger partial charge in [-0.05, 0) is 25.0 Å². The lowest BCUT2D eigenvalue weighted by molar-refractivity contribution is 0.0952. The van der Waals surface area contributed by atoms with Crippen molar-refractivity contribution in [1.82, 2.24) is 9.88 Å². The average molecular weight is 415 g/mol. The normalized spacial score (nSPS) is 11.1. The van der Waals surface area contributed by atoms with Crippen molar-refractivity contribution in [2.75, 3.05) is 14.2 Å². The predicted octanol–water partition coefficient (Wildman–Crippen LogP) is 3.97. The van der Waals surface area contributed by atoms with Gasteiger partial charge in [0, 0.05) is 34.4 Å². The molecule has 0 aliphatic heterocycles. The summed E-state index contributed by atoms with van der Waals surface area (Å²) in [5.41, 5.74) is 1.13. The molecule has 29 heavy (non-hydrogen) atoms. The number of hydrogen-bond donors (Lipinski definition) is 1. The molecule has 3 rings (SSSR count). The molecule has 0 unspecified atom stereocenters. The Labute approximate surface area is 174 Å². The Balaban J connectivity index is 1.94. The van der Waals surface area contributed by atoms with Crippen molar-refractivity contribution in [3.8, 4) is 11.5 Å². The highest BCUT2D eigenvalue weighted by Gasteiger charge is 2.21. The molecule has 0 fully saturated rings. The highest BCUT2D eigenvalue weighted by atomic mass is 32.1. The third-order valence-electron chi connectivity index (χ3n) is 4.70. The standard InChI is InChI=1S/C22H26N2O4S/c1-13(2)12-24-10-9-17-19(22(24)26)18(14(3)29-17)21(25)23-11-15-7-6-8-16(27-4)20(15)28-5/h6-10,13H,11-12H2,1-5H3,(H,23,25). The van der Waals surface area contributed by atoms with Crippen LogP contribution in [0.25, 0.3) is 10.1 Å². The molecule has 0 radical (unpaired) electrons. The number of nitrogens with one attached hydrogen (secondary N) is 1. The first-order valence-electron chi connectivity index (χ1n) is 9.48. The van der Waals surface area contributed by atoms with Gasteiger partial charge in [-0.15, -0.1) is 11.3 Å². The van der Waals surface area contributed by atoms with E-state index in [4.69, 9.17) is 9.47 Å². The van der Waals surface area contributed by atoms with Crippen LogP contribution in [-0.4, -0.2) is 24.7 Å². The van der Waals surface area contributed by atoms with Crippen LogP contribution in [0.3, 0.4) is 0 Å². The molecule has 0 saturated carbocycles. The van der Waals surface area contributed by atoms with Crippen molar-refractivity contribution in [3.05, 3.63) is 56.8 Å². The summed E-state index contributed by atoms with van der Waals surface area (Å²) in [6.45, 7) is 6.88. The van der Waals surface area contributed by atoms with E-state index < -0.39 is 0 Å². The topological polar surface area (TPSA) is 69.6 Å². The van der Waals surface area contributed by atoms with Crippen LogP contribution in [0.15, 0.2) is 35.3 Å². The lowest BCUT2D eigenvalue weighted by Crippen LogP contribution is -2.27. The number of ether oxygens (including phenoxy) is 2. The van der Waals surface area contributed by atoms with Crippen molar-refractivity contribution >= 4 is 27.3 Å². The summed E-state index contributed by atoms with van der Waals surface area (Å²) in [6.07, 6.45) is 1.81. The summed E-state index contributed by atoms with van der Waals surface area (Å²) in [7, 11) is 3.14. The minimum Gasteiger partial charge on any atom is -0.493 e. The van der Waals surface area contributed by atoms with E-state index in [1.54, 1.807) is 24.9 Å². The minimum atomic E-state index is -0.266. The number of carbonyl (C=O) groups excluding carboxylic acids is 1. The fraction of sp³-hybridized carbons (Fsp3) is 0.364. The van der Waals surface area contributed by atoms with E-state index in [1.807, 2.05) is 31.3 Å². The molecule has 1 aromatic carbocycles. The second kappa shape index (κ2) is 8.69. The van der Waals surface area contributed by atoms with Gasteiger partial charge in [-0.3, -0.25) is 9.59 Å². The monoisotopic (exact) mass is 414 g/mol. The van der Waals surface area contributed by atoms with Gasteiger partial charge < -0.3 is 19.4 Å². The largest absolute Gasteiger partial charge is 0.493 e. The number of rotatable bonds is 7. The number of hydrogen-bond acceptors (Lipinski definition) is 5. The number of amides is 1. The Bertz CT molecular complexity index is 1100. The van der Waals surface area contributed by atoms with Crippen molar-refractivity contribution in [3.63, 3.8) is 0 Å². The number of nitrogens with zero attached hydrogens (tertiary/aromatic N) is 1. The maximum Gasteiger partial charge on any atom is 0.260 e. The highest BCUT2D eigenvalue weighted by molar-refractivity contribution is 7.19. The van der Waals surface area contributed by atoms with Crippen LogP contribution in [0.5, 0.6) is 11.5 Å². The Morgan fingerprint density at radius 1 is 1.21 bits per heavy atom. The van der Waals surface area contributed by atoms with Crippen LogP contribution in [0, 0.1) is 12.8 Å². The zero-order valence-corrected chi connectivity index (χ0v) is 18.2. The average Bonchev–Trinajstić information content (AvgIpc) is 3.04. The molecule has 0 bridgehead atoms. The van der Waals surface area contributed by atoms with Gasteiger partial charge in [-0.2, -0.15) is 0 Å². The van der Waals surface area contributed by atoms with E-state index >= 15 is 0 Å². The van der Waals surface area contributed by atoms with Gasteiger partial charge >= 0.3 is 0 Å². The Kier molecular flexibility index (Phi) is 6.27. The number of carbonyl (C=O) groups is 1. The first kappa shape index (κ1) is 20.9. The number of aromatic nitrogens is 1. The molecule has 0 spiro atoms. The van der Waals surface area contributed by atoms with Crippen molar-refractivity contribution in [2.24, 2.45) is 5.92 Å². The molecule has 0 atom stereocenters. The fourth-order valence-electron chi connectivity index (χ4n) is 3.43. The number of aryl methyl sites for hydroxylation is 1. The quantitative estimate of drug-likeness (QED) is 0.635. The first-order valence-corrected chi connectivity index (χ1v) is 10.3. The molecule has 1 N–H and O–H groups in total. The molecule has 2 aromatic heterocycles. The third-order valence-corrected chi connectivity index (χ3v) is 5.78. The molecule has 0 aliphatic rings. The third kappa shape index (κ3) is 4.15. The van der Waals surface area contributed by atoms with Gasteiger partial charge in [-0.25, -0.2) is 0 Å². The molecule has 7 heteroatoms. The van der Waals surface area contributed by atoms with Crippen LogP contribution < -0.4 is 20.3 Å². The second-order valence-electron chi connectivity index (χ2n) is 7.27. The van der Waals surface area contributed by atoms with E-state index in [1.165, 1.54) is 11.3 Å². The molecule has 0 aliphatic carbocycles. The lowest BCUT2D eigenvalue weighted by atomic mass is 10.1. The van der Waals surface area contributed by atoms with Crippen LogP contribution in [-0.2, 0) is 13.1 Å². The SMILES string of the molecule is COc1cccc(CNC(=O)c2c(C)sc3ccn(CC(C)C)c(=O)c23)c1OC. The van der Waals surface area contributed by atoms with Crippen LogP contribution >= 0.6 is 11.3 Å². The van der Waals surface area contributed by atoms with E-state index in [9.17, 15) is 9.59 Å². The van der Waals surface area contributed by atoms with Gasteiger partial charge in [-0.1, -0.05) is 26.0 Å². The van der Waals surface area contributed by atoms with Crippen LogP contribution in [0.2, 0.25) is 0 Å². The zero-order valence-electron chi connectivity index (χ0n) is 17.4. The number of benzene rings is 1. The van der Waals surface area contributed by atoms with Gasteiger partial charge in [0.15, 0.2) is 11.5 Å². The first-order chi connectivity index (χ1) is 13.9. The molecular formula is C22H26N2O4S. The summed E-state index contributed by atoms with van der Waals surface area (Å²) in [6, 6.07) is 7.44. The predicted molar refractivity (Wildman–Crippen MR) is 116 cm³/mol. The van der Waals surface area contributed by atoms with E-state index in [2.05, 4.69) is 19.2 Å². The van der Waals surface area contributed by atoms with Gasteiger partial charge in [0.25, 0.3) is 11.5 Å². The lowest BCUT2D eigenvalue weighted by Gasteiger charge is -2.13. The summed E-state index contributed by atoms with van der Waals surface area (Å²) in [5, 5.41) is 3.42. The Morgan fingerprint density at radius 3 is 2.62 bits per heavy atom. The van der Waals surface area contributed by atoms with E-state index in [0.717, 1.165) is 15.1 Å². The summed E-state index contributed by atoms with van der Waals surface area (Å²) in [4.78, 5) is 26.9. The smallest absolute Gasteiger partial charge is 0.260 e. The molecule has 6 nitrogen and oxygen atoms in total. The van der Waals surface area contributed by atoms with Crippen molar-refractivity contribution < 1.29 is 14.3 Å². The summed E-state index contributed by atoms with van der Waals surface area (Å²) < 4.78 is 13.3. The van der Waals surface area contributed by atoms with Crippen LogP contribution in [0.1, 0.15) is 34.6 Å². The summed E-state index contributed by atoms with van der Waals surface area (Å²) >= 11 is 1.47. The minimum absolute atomic E-state index is 0.121. The number of fused-ring (bicyclic) bond motifs is 1. The van der Waals surface area contributed by atoms with Crippen LogP contribution in [0.4, 0.5) is 0 Å². The molecule has 154 valence electrons. The number of pyridine rings is 1. The number of para-hydroxylation sites is 1. The summed E-state index contributed by atoms with van der Waals surface area (Å²) in [5.74, 6) is 1.26. The second-order valence-corrected chi connectivity index (χ2v) is 8.53. The van der Waals surface area contributed by atoms with Crippen molar-refractivity contribution in [1.29, 1.82) is 0 Å². The zero-order chi connectivity index (χ0) is 21.1. The van der Waals surface area contributed by atoms with Gasteiger partial charge in [0.1, 0.15) is 0 Å². The molecular weight excluding hydrogens is 388 g/mol. The van der Waals surface area contributed by atoms with E-state index in [-0.39, 0.29) is 18.0 Å².